The number of aliphatic carboxylic acids is 1. The maximum Gasteiger partial charge on any atom is 0.338 e. The molecule has 1 atom stereocenters. The minimum absolute atomic E-state index is 0.345. The van der Waals surface area contributed by atoms with Crippen molar-refractivity contribution in [3.8, 4) is 0 Å². The first-order chi connectivity index (χ1) is 4.86. The van der Waals surface area contributed by atoms with Crippen LogP contribution in [0.3, 0.4) is 0 Å². The van der Waals surface area contributed by atoms with E-state index in [-0.39, 0.29) is 11.8 Å². The van der Waals surface area contributed by atoms with Gasteiger partial charge in [-0.25, -0.2) is 4.39 Å². The van der Waals surface area contributed by atoms with Gasteiger partial charge in [0.2, 0.25) is 5.63 Å². The van der Waals surface area contributed by atoms with Gasteiger partial charge in [0.15, 0.2) is 0 Å². The molecule has 0 aromatic carbocycles. The van der Waals surface area contributed by atoms with E-state index >= 15 is 0 Å². The average molecular weight is 209 g/mol. The molecular weight excluding hydrogens is 205 g/mol. The Morgan fingerprint density at radius 3 is 2.45 bits per heavy atom. The highest BCUT2D eigenvalue weighted by Gasteiger charge is 2.39. The summed E-state index contributed by atoms with van der Waals surface area (Å²) in [6.07, 6.45) is 0. The molecule has 0 amide bonds. The lowest BCUT2D eigenvalue weighted by atomic mass is 10.8. The van der Waals surface area contributed by atoms with Crippen LogP contribution in [-0.2, 0) is 4.79 Å². The number of carboxylic acid groups (broad SMARTS) is 1. The highest BCUT2D eigenvalue weighted by molar-refractivity contribution is 8.01. The van der Waals surface area contributed by atoms with Crippen LogP contribution < -0.4 is 0 Å². The molecule has 0 heterocycles. The SMILES string of the molecule is O=C(O)CSC(F)(F)C(F)Cl. The Labute approximate surface area is 69.7 Å². The van der Waals surface area contributed by atoms with E-state index in [0.29, 0.717) is 0 Å². The minimum atomic E-state index is -3.83. The summed E-state index contributed by atoms with van der Waals surface area (Å²) in [4.78, 5) is 9.75. The summed E-state index contributed by atoms with van der Waals surface area (Å²) in [6.45, 7) is 0. The summed E-state index contributed by atoms with van der Waals surface area (Å²) in [5.41, 5.74) is -2.85. The molecular formula is C4H4ClF3O2S. The largest absolute Gasteiger partial charge is 0.481 e. The summed E-state index contributed by atoms with van der Waals surface area (Å²) in [5, 5.41) is 4.11. The van der Waals surface area contributed by atoms with Crippen LogP contribution in [0.25, 0.3) is 0 Å². The third-order valence-electron chi connectivity index (χ3n) is 0.642. The number of alkyl halides is 4. The van der Waals surface area contributed by atoms with E-state index < -0.39 is 22.6 Å². The molecule has 0 bridgehead atoms. The number of thioether (sulfide) groups is 1. The molecule has 0 saturated carbocycles. The monoisotopic (exact) mass is 208 g/mol. The van der Waals surface area contributed by atoms with Gasteiger partial charge in [0.1, 0.15) is 0 Å². The van der Waals surface area contributed by atoms with Crippen molar-refractivity contribution < 1.29 is 23.1 Å². The first-order valence-electron chi connectivity index (χ1n) is 2.38. The Balaban J connectivity index is 3.82. The van der Waals surface area contributed by atoms with E-state index in [0.717, 1.165) is 0 Å². The first kappa shape index (κ1) is 10.9. The van der Waals surface area contributed by atoms with Gasteiger partial charge in [0, 0.05) is 0 Å². The number of rotatable bonds is 4. The predicted octanol–water partition coefficient (Wildman–Crippen LogP) is 1.93. The maximum absolute atomic E-state index is 12.1. The first-order valence-corrected chi connectivity index (χ1v) is 3.80. The fourth-order valence-electron chi connectivity index (χ4n) is 0.221. The average Bonchev–Trinajstić information content (AvgIpc) is 1.84. The van der Waals surface area contributed by atoms with E-state index in [1.54, 1.807) is 0 Å². The lowest BCUT2D eigenvalue weighted by Gasteiger charge is -2.13. The summed E-state index contributed by atoms with van der Waals surface area (Å²) < 4.78 is 35.9. The Morgan fingerprint density at radius 2 is 2.18 bits per heavy atom. The fourth-order valence-corrected chi connectivity index (χ4v) is 0.852. The van der Waals surface area contributed by atoms with Crippen LogP contribution in [0.2, 0.25) is 0 Å². The maximum atomic E-state index is 12.1. The second-order valence-electron chi connectivity index (χ2n) is 1.54. The van der Waals surface area contributed by atoms with E-state index in [2.05, 4.69) is 11.6 Å². The molecule has 0 radical (unpaired) electrons. The second kappa shape index (κ2) is 4.06. The molecule has 0 aliphatic carbocycles. The van der Waals surface area contributed by atoms with Crippen molar-refractivity contribution in [3.63, 3.8) is 0 Å². The molecule has 66 valence electrons. The number of hydrogen-bond donors (Lipinski definition) is 1. The zero-order valence-electron chi connectivity index (χ0n) is 5.06. The van der Waals surface area contributed by atoms with Crippen LogP contribution in [0.4, 0.5) is 13.2 Å². The van der Waals surface area contributed by atoms with E-state index in [1.807, 2.05) is 0 Å². The van der Waals surface area contributed by atoms with Crippen molar-refractivity contribution in [1.29, 1.82) is 0 Å². The van der Waals surface area contributed by atoms with Gasteiger partial charge in [-0.2, -0.15) is 8.78 Å². The van der Waals surface area contributed by atoms with Gasteiger partial charge in [-0.1, -0.05) is 23.4 Å². The van der Waals surface area contributed by atoms with Gasteiger partial charge < -0.3 is 5.11 Å². The van der Waals surface area contributed by atoms with Crippen LogP contribution in [0.15, 0.2) is 0 Å². The summed E-state index contributed by atoms with van der Waals surface area (Å²) in [7, 11) is 0. The molecule has 11 heavy (non-hydrogen) atoms. The molecule has 2 nitrogen and oxygen atoms in total. The highest BCUT2D eigenvalue weighted by Crippen LogP contribution is 2.35. The molecule has 0 aromatic heterocycles. The van der Waals surface area contributed by atoms with Crippen LogP contribution in [0, 0.1) is 0 Å². The smallest absolute Gasteiger partial charge is 0.338 e. The third kappa shape index (κ3) is 4.36. The minimum Gasteiger partial charge on any atom is -0.481 e. The summed E-state index contributed by atoms with van der Waals surface area (Å²) >= 11 is 4.08. The van der Waals surface area contributed by atoms with Gasteiger partial charge >= 0.3 is 11.2 Å². The molecule has 0 spiro atoms. The van der Waals surface area contributed by atoms with Crippen LogP contribution in [0.1, 0.15) is 0 Å². The topological polar surface area (TPSA) is 37.3 Å². The van der Waals surface area contributed by atoms with Gasteiger partial charge in [-0.15, -0.1) is 0 Å². The van der Waals surface area contributed by atoms with E-state index in [1.165, 1.54) is 0 Å². The summed E-state index contributed by atoms with van der Waals surface area (Å²) in [5.74, 6) is -2.31. The highest BCUT2D eigenvalue weighted by atomic mass is 35.5. The van der Waals surface area contributed by atoms with E-state index in [9.17, 15) is 18.0 Å². The van der Waals surface area contributed by atoms with Crippen molar-refractivity contribution in [2.24, 2.45) is 0 Å². The Morgan fingerprint density at radius 1 is 1.73 bits per heavy atom. The molecule has 0 aliphatic rings. The molecule has 0 saturated heterocycles. The molecule has 1 unspecified atom stereocenters. The van der Waals surface area contributed by atoms with Gasteiger partial charge in [-0.05, 0) is 0 Å². The lowest BCUT2D eigenvalue weighted by Crippen LogP contribution is -2.22. The lowest BCUT2D eigenvalue weighted by molar-refractivity contribution is -0.134. The Hall–Kier alpha value is -0.100. The second-order valence-corrected chi connectivity index (χ2v) is 3.05. The van der Waals surface area contributed by atoms with Gasteiger partial charge in [-0.3, -0.25) is 4.79 Å². The van der Waals surface area contributed by atoms with Crippen LogP contribution >= 0.6 is 23.4 Å². The Bertz CT molecular complexity index is 152. The molecule has 0 fully saturated rings. The van der Waals surface area contributed by atoms with Crippen molar-refractivity contribution in [3.05, 3.63) is 0 Å². The Kier molecular flexibility index (Phi) is 4.02. The number of hydrogen-bond acceptors (Lipinski definition) is 2. The molecule has 0 aromatic rings. The number of halogens is 4. The van der Waals surface area contributed by atoms with Crippen LogP contribution in [0.5, 0.6) is 0 Å². The van der Waals surface area contributed by atoms with Crippen molar-refractivity contribution in [2.75, 3.05) is 5.75 Å². The molecule has 7 heteroatoms. The summed E-state index contributed by atoms with van der Waals surface area (Å²) in [6, 6.07) is 0. The van der Waals surface area contributed by atoms with Gasteiger partial charge in [0.25, 0.3) is 0 Å². The zero-order chi connectivity index (χ0) is 9.07. The quantitative estimate of drug-likeness (QED) is 0.718. The standard InChI is InChI=1S/C4H4ClF3O2S/c5-3(6)4(7,8)11-1-2(9)10/h3H,1H2,(H,9,10). The van der Waals surface area contributed by atoms with Crippen LogP contribution in [-0.4, -0.2) is 27.7 Å². The third-order valence-corrected chi connectivity index (χ3v) is 2.03. The van der Waals surface area contributed by atoms with E-state index in [4.69, 9.17) is 5.11 Å². The molecule has 1 N–H and O–H groups in total. The molecule has 0 rings (SSSR count). The number of carboxylic acids is 1. The van der Waals surface area contributed by atoms with Crippen molar-refractivity contribution in [2.45, 2.75) is 10.9 Å². The number of carbonyl (C=O) groups is 1. The zero-order valence-corrected chi connectivity index (χ0v) is 6.63. The fraction of sp³-hybridized carbons (Fsp3) is 0.750. The van der Waals surface area contributed by atoms with Crippen molar-refractivity contribution >= 4 is 29.3 Å². The normalized spacial score (nSPS) is 14.5. The van der Waals surface area contributed by atoms with Gasteiger partial charge in [0.05, 0.1) is 5.75 Å². The predicted molar refractivity (Wildman–Crippen MR) is 35.8 cm³/mol. The van der Waals surface area contributed by atoms with Crippen molar-refractivity contribution in [1.82, 2.24) is 0 Å². The molecule has 0 aliphatic heterocycles.